The van der Waals surface area contributed by atoms with Crippen LogP contribution >= 0.6 is 0 Å². The van der Waals surface area contributed by atoms with Gasteiger partial charge in [-0.15, -0.1) is 0 Å². The normalized spacial score (nSPS) is 10.7. The fourth-order valence-corrected chi connectivity index (χ4v) is 2.09. The third kappa shape index (κ3) is 1.63. The lowest BCUT2D eigenvalue weighted by Gasteiger charge is -2.12. The molecule has 5 nitrogen and oxygen atoms in total. The van der Waals surface area contributed by atoms with Crippen LogP contribution in [0.1, 0.15) is 0 Å². The Kier molecular flexibility index (Phi) is 2.45. The van der Waals surface area contributed by atoms with Gasteiger partial charge in [0.15, 0.2) is 0 Å². The fourth-order valence-electron chi connectivity index (χ4n) is 2.09. The molecule has 0 saturated carbocycles. The van der Waals surface area contributed by atoms with Crippen LogP contribution in [0.15, 0.2) is 64.2 Å². The lowest BCUT2D eigenvalue weighted by atomic mass is 10.2. The zero-order valence-electron chi connectivity index (χ0n) is 9.98. The Morgan fingerprint density at radius 1 is 0.737 bits per heavy atom. The van der Waals surface area contributed by atoms with E-state index in [1.165, 1.54) is 4.68 Å². The Morgan fingerprint density at radius 3 is 1.89 bits per heavy atom. The third-order valence-corrected chi connectivity index (χ3v) is 3.00. The van der Waals surface area contributed by atoms with Crippen LogP contribution in [0, 0.1) is 0 Å². The molecule has 0 atom stereocenters. The van der Waals surface area contributed by atoms with Crippen molar-refractivity contribution < 1.29 is 0 Å². The maximum atomic E-state index is 12.4. The largest absolute Gasteiger partial charge is 0.321 e. The van der Waals surface area contributed by atoms with E-state index in [9.17, 15) is 9.59 Å². The molecule has 5 heteroatoms. The highest BCUT2D eigenvalue weighted by atomic mass is 16.2. The van der Waals surface area contributed by atoms with Gasteiger partial charge in [-0.05, 0) is 24.3 Å². The van der Waals surface area contributed by atoms with E-state index in [1.807, 2.05) is 6.07 Å². The average molecular weight is 253 g/mol. The molecule has 1 aromatic heterocycles. The van der Waals surface area contributed by atoms with E-state index in [2.05, 4.69) is 0 Å². The number of hydrogen-bond donors (Lipinski definition) is 1. The van der Waals surface area contributed by atoms with Gasteiger partial charge >= 0.3 is 0 Å². The first kappa shape index (κ1) is 11.3. The molecule has 0 aliphatic carbocycles. The van der Waals surface area contributed by atoms with Gasteiger partial charge in [-0.2, -0.15) is 9.47 Å². The summed E-state index contributed by atoms with van der Waals surface area (Å²) < 4.78 is 1.17. The Morgan fingerprint density at radius 2 is 1.26 bits per heavy atom. The van der Waals surface area contributed by atoms with Crippen molar-refractivity contribution in [3.8, 4) is 5.69 Å². The average Bonchev–Trinajstić information content (AvgIpc) is 2.46. The van der Waals surface area contributed by atoms with Gasteiger partial charge in [-0.25, -0.2) is 0 Å². The zero-order chi connectivity index (χ0) is 13.4. The summed E-state index contributed by atoms with van der Waals surface area (Å²) in [4.78, 5) is 25.4. The van der Waals surface area contributed by atoms with Crippen LogP contribution in [0.3, 0.4) is 0 Å². The molecule has 0 aliphatic heterocycles. The minimum Gasteiger partial charge on any atom is -0.321 e. The van der Waals surface area contributed by atoms with E-state index in [0.717, 1.165) is 4.79 Å². The number of benzene rings is 2. The molecule has 0 radical (unpaired) electrons. The van der Waals surface area contributed by atoms with Crippen molar-refractivity contribution in [2.45, 2.75) is 0 Å². The molecule has 0 saturated heterocycles. The topological polar surface area (TPSA) is 70.0 Å². The maximum absolute atomic E-state index is 12.4. The molecule has 1 heterocycles. The molecule has 3 aromatic rings. The number of para-hydroxylation sites is 1. The quantitative estimate of drug-likeness (QED) is 0.654. The molecule has 0 bridgehead atoms. The summed E-state index contributed by atoms with van der Waals surface area (Å²) in [6, 6.07) is 15.5. The van der Waals surface area contributed by atoms with Crippen molar-refractivity contribution >= 4 is 10.8 Å². The summed E-state index contributed by atoms with van der Waals surface area (Å²) in [5.41, 5.74) is -0.166. The monoisotopic (exact) mass is 253 g/mol. The third-order valence-electron chi connectivity index (χ3n) is 3.00. The Bertz CT molecular complexity index is 863. The second kappa shape index (κ2) is 4.13. The van der Waals surface area contributed by atoms with Crippen molar-refractivity contribution in [2.75, 3.05) is 5.84 Å². The number of nitrogen functional groups attached to an aromatic ring is 1. The van der Waals surface area contributed by atoms with Gasteiger partial charge in [0, 0.05) is 0 Å². The number of nitrogens with two attached hydrogens (primary N) is 1. The van der Waals surface area contributed by atoms with Gasteiger partial charge in [-0.3, -0.25) is 9.59 Å². The van der Waals surface area contributed by atoms with Crippen molar-refractivity contribution in [2.24, 2.45) is 0 Å². The van der Waals surface area contributed by atoms with Gasteiger partial charge in [0.05, 0.1) is 16.5 Å². The minimum absolute atomic E-state index is 0.316. The molecule has 3 rings (SSSR count). The Hall–Kier alpha value is -2.82. The smallest absolute Gasteiger partial charge is 0.292 e. The first-order valence-corrected chi connectivity index (χ1v) is 5.78. The number of aromatic nitrogens is 2. The summed E-state index contributed by atoms with van der Waals surface area (Å²) in [7, 11) is 0. The molecule has 0 fully saturated rings. The summed E-state index contributed by atoms with van der Waals surface area (Å²) in [5, 5.41) is 0.681. The first-order valence-electron chi connectivity index (χ1n) is 5.78. The molecule has 2 N–H and O–H groups in total. The van der Waals surface area contributed by atoms with Gasteiger partial charge in [0.2, 0.25) is 0 Å². The summed E-state index contributed by atoms with van der Waals surface area (Å²) in [5.74, 6) is 5.75. The molecular formula is C14H11N3O2. The number of nitrogens with zero attached hydrogens (tertiary/aromatic N) is 2. The predicted octanol–water partition coefficient (Wildman–Crippen LogP) is 0.866. The highest BCUT2D eigenvalue weighted by Crippen LogP contribution is 2.07. The number of rotatable bonds is 1. The number of fused-ring (bicyclic) bond motifs is 1. The van der Waals surface area contributed by atoms with Crippen molar-refractivity contribution in [1.82, 2.24) is 9.47 Å². The lowest BCUT2D eigenvalue weighted by molar-refractivity contribution is 0.644. The van der Waals surface area contributed by atoms with Gasteiger partial charge in [-0.1, -0.05) is 30.3 Å². The van der Waals surface area contributed by atoms with Crippen LogP contribution in [0.2, 0.25) is 0 Å². The Balaban J connectivity index is 2.52. The van der Waals surface area contributed by atoms with Crippen molar-refractivity contribution in [3.05, 3.63) is 75.3 Å². The highest BCUT2D eigenvalue weighted by molar-refractivity contribution is 5.80. The van der Waals surface area contributed by atoms with Crippen LogP contribution in [-0.4, -0.2) is 9.47 Å². The summed E-state index contributed by atoms with van der Waals surface area (Å²) in [6.07, 6.45) is 0. The second-order valence-electron chi connectivity index (χ2n) is 4.15. The predicted molar refractivity (Wildman–Crippen MR) is 74.0 cm³/mol. The lowest BCUT2D eigenvalue weighted by Crippen LogP contribution is -2.42. The molecule has 94 valence electrons. The molecule has 0 spiro atoms. The van der Waals surface area contributed by atoms with Crippen LogP contribution in [0.4, 0.5) is 0 Å². The van der Waals surface area contributed by atoms with E-state index in [0.29, 0.717) is 16.5 Å². The molecule has 19 heavy (non-hydrogen) atoms. The molecular weight excluding hydrogens is 242 g/mol. The summed E-state index contributed by atoms with van der Waals surface area (Å²) in [6.45, 7) is 0. The second-order valence-corrected chi connectivity index (χ2v) is 4.15. The first-order chi connectivity index (χ1) is 9.20. The van der Waals surface area contributed by atoms with Gasteiger partial charge in [0.1, 0.15) is 0 Å². The summed E-state index contributed by atoms with van der Waals surface area (Å²) >= 11 is 0. The minimum atomic E-state index is -0.404. The van der Waals surface area contributed by atoms with Gasteiger partial charge in [0.25, 0.3) is 11.1 Å². The van der Waals surface area contributed by atoms with Gasteiger partial charge < -0.3 is 5.84 Å². The van der Waals surface area contributed by atoms with E-state index in [4.69, 9.17) is 5.84 Å². The molecule has 0 unspecified atom stereocenters. The van der Waals surface area contributed by atoms with Crippen molar-refractivity contribution in [1.29, 1.82) is 0 Å². The highest BCUT2D eigenvalue weighted by Gasteiger charge is 2.11. The van der Waals surface area contributed by atoms with Crippen molar-refractivity contribution in [3.63, 3.8) is 0 Å². The molecule has 0 aliphatic rings. The zero-order valence-corrected chi connectivity index (χ0v) is 9.98. The van der Waals surface area contributed by atoms with E-state index in [1.54, 1.807) is 48.5 Å². The standard InChI is InChI=1S/C14H11N3O2/c15-17-14(19)12-9-5-4-8-11(12)13(18)16(17)10-6-2-1-3-7-10/h1-9H,15H2. The van der Waals surface area contributed by atoms with E-state index >= 15 is 0 Å². The van der Waals surface area contributed by atoms with Crippen LogP contribution in [0.5, 0.6) is 0 Å². The Labute approximate surface area is 108 Å². The molecule has 2 aromatic carbocycles. The van der Waals surface area contributed by atoms with E-state index < -0.39 is 5.56 Å². The number of hydrogen-bond acceptors (Lipinski definition) is 3. The van der Waals surface area contributed by atoms with Crippen LogP contribution < -0.4 is 17.0 Å². The van der Waals surface area contributed by atoms with E-state index in [-0.39, 0.29) is 5.56 Å². The fraction of sp³-hybridized carbons (Fsp3) is 0. The van der Waals surface area contributed by atoms with Crippen LogP contribution in [0.25, 0.3) is 16.5 Å². The van der Waals surface area contributed by atoms with Crippen LogP contribution in [-0.2, 0) is 0 Å². The SMILES string of the molecule is Nn1c(=O)c2ccccc2c(=O)n1-c1ccccc1. The molecule has 0 amide bonds. The maximum Gasteiger partial charge on any atom is 0.292 e.